The summed E-state index contributed by atoms with van der Waals surface area (Å²) >= 11 is 6.29. The van der Waals surface area contributed by atoms with E-state index in [2.05, 4.69) is 5.32 Å². The van der Waals surface area contributed by atoms with Crippen LogP contribution in [-0.4, -0.2) is 42.1 Å². The number of methoxy groups -OCH3 is 1. The summed E-state index contributed by atoms with van der Waals surface area (Å²) in [5.74, 6) is -0.557. The molecule has 0 aliphatic carbocycles. The molecule has 1 unspecified atom stereocenters. The van der Waals surface area contributed by atoms with Crippen LogP contribution in [0.15, 0.2) is 60.7 Å². The predicted octanol–water partition coefficient (Wildman–Crippen LogP) is 2.95. The van der Waals surface area contributed by atoms with Gasteiger partial charge >= 0.3 is 0 Å². The lowest BCUT2D eigenvalue weighted by Crippen LogP contribution is -2.43. The lowest BCUT2D eigenvalue weighted by molar-refractivity contribution is -0.137. The molecular formula is C24H23ClN2O4. The first-order chi connectivity index (χ1) is 15.0. The lowest BCUT2D eigenvalue weighted by atomic mass is 9.77. The zero-order valence-corrected chi connectivity index (χ0v) is 17.8. The van der Waals surface area contributed by atoms with E-state index in [0.29, 0.717) is 24.7 Å². The number of amides is 2. The van der Waals surface area contributed by atoms with Crippen molar-refractivity contribution in [3.63, 3.8) is 0 Å². The molecule has 3 aliphatic rings. The number of benzene rings is 2. The van der Waals surface area contributed by atoms with Crippen LogP contribution in [0.3, 0.4) is 0 Å². The van der Waals surface area contributed by atoms with Gasteiger partial charge in [-0.05, 0) is 29.3 Å². The van der Waals surface area contributed by atoms with Crippen LogP contribution in [0.25, 0.3) is 0 Å². The zero-order chi connectivity index (χ0) is 21.6. The van der Waals surface area contributed by atoms with Gasteiger partial charge in [0, 0.05) is 18.1 Å². The van der Waals surface area contributed by atoms with Gasteiger partial charge in [-0.15, -0.1) is 0 Å². The third-order valence-electron chi connectivity index (χ3n) is 6.40. The van der Waals surface area contributed by atoms with E-state index in [1.54, 1.807) is 12.0 Å². The van der Waals surface area contributed by atoms with Gasteiger partial charge in [0.2, 0.25) is 11.8 Å². The minimum Gasteiger partial charge on any atom is -0.497 e. The van der Waals surface area contributed by atoms with Crippen molar-refractivity contribution in [3.8, 4) is 5.75 Å². The van der Waals surface area contributed by atoms with E-state index in [1.807, 2.05) is 60.7 Å². The number of fused-ring (bicyclic) bond motifs is 1. The average Bonchev–Trinajstić information content (AvgIpc) is 3.42. The molecule has 0 radical (unpaired) electrons. The number of nitrogens with zero attached hydrogens (tertiary/aromatic N) is 1. The number of nitrogens with one attached hydrogen (secondary N) is 1. The predicted molar refractivity (Wildman–Crippen MR) is 115 cm³/mol. The first-order valence-corrected chi connectivity index (χ1v) is 10.7. The molecule has 2 bridgehead atoms. The van der Waals surface area contributed by atoms with Crippen LogP contribution in [0.2, 0.25) is 5.02 Å². The zero-order valence-electron chi connectivity index (χ0n) is 17.1. The minimum atomic E-state index is -0.735. The normalized spacial score (nSPS) is 28.1. The van der Waals surface area contributed by atoms with Crippen LogP contribution < -0.4 is 10.1 Å². The smallest absolute Gasteiger partial charge is 0.230 e. The largest absolute Gasteiger partial charge is 0.497 e. The molecule has 31 heavy (non-hydrogen) atoms. The highest BCUT2D eigenvalue weighted by Crippen LogP contribution is 2.52. The number of carbonyl (C=O) groups is 2. The fourth-order valence-corrected chi connectivity index (χ4v) is 5.13. The van der Waals surface area contributed by atoms with Gasteiger partial charge in [0.25, 0.3) is 0 Å². The topological polar surface area (TPSA) is 67.9 Å². The van der Waals surface area contributed by atoms with Crippen molar-refractivity contribution in [2.24, 2.45) is 11.8 Å². The fraction of sp³-hybridized carbons (Fsp3) is 0.333. The second-order valence-corrected chi connectivity index (χ2v) is 8.66. The molecule has 7 heteroatoms. The Bertz CT molecular complexity index is 1070. The van der Waals surface area contributed by atoms with Gasteiger partial charge in [-0.25, -0.2) is 0 Å². The number of rotatable bonds is 6. The summed E-state index contributed by atoms with van der Waals surface area (Å²) in [6.45, 7) is 1.19. The first kappa shape index (κ1) is 20.1. The van der Waals surface area contributed by atoms with Gasteiger partial charge in [0.15, 0.2) is 0 Å². The van der Waals surface area contributed by atoms with E-state index >= 15 is 0 Å². The summed E-state index contributed by atoms with van der Waals surface area (Å²) in [4.78, 5) is 28.2. The van der Waals surface area contributed by atoms with E-state index in [1.165, 1.54) is 0 Å². The van der Waals surface area contributed by atoms with Crippen molar-refractivity contribution in [2.75, 3.05) is 13.7 Å². The minimum absolute atomic E-state index is 0.0618. The molecule has 3 aliphatic heterocycles. The second kappa shape index (κ2) is 7.70. The molecule has 2 fully saturated rings. The van der Waals surface area contributed by atoms with Gasteiger partial charge in [-0.2, -0.15) is 0 Å². The third kappa shape index (κ3) is 3.40. The maximum absolute atomic E-state index is 13.3. The first-order valence-electron chi connectivity index (χ1n) is 10.3. The van der Waals surface area contributed by atoms with Crippen molar-refractivity contribution in [2.45, 2.75) is 24.8 Å². The average molecular weight is 439 g/mol. The number of ether oxygens (including phenoxy) is 2. The van der Waals surface area contributed by atoms with E-state index in [9.17, 15) is 9.59 Å². The Labute approximate surface area is 185 Å². The van der Waals surface area contributed by atoms with Crippen molar-refractivity contribution < 1.29 is 19.1 Å². The van der Waals surface area contributed by atoms with Crippen molar-refractivity contribution in [3.05, 3.63) is 76.8 Å². The van der Waals surface area contributed by atoms with E-state index < -0.39 is 17.4 Å². The number of halogens is 1. The molecule has 6 nitrogen and oxygen atoms in total. The van der Waals surface area contributed by atoms with E-state index in [0.717, 1.165) is 16.9 Å². The van der Waals surface area contributed by atoms with Gasteiger partial charge in [0.1, 0.15) is 11.4 Å². The highest BCUT2D eigenvalue weighted by atomic mass is 35.5. The van der Waals surface area contributed by atoms with Gasteiger partial charge < -0.3 is 19.7 Å². The standard InChI is InChI=1S/C24H23ClN2O4/c1-30-17-7-4-5-15(11-17)12-26-22(28)20-19-9-10-24(31-19)14-27(23(29)21(20)24)13-16-6-2-3-8-18(16)25/h2-11,19-21H,12-14H2,1H3,(H,26,28)/t19-,20+,21-,24?/m0/s1. The Morgan fingerprint density at radius 1 is 1.29 bits per heavy atom. The molecule has 0 aromatic heterocycles. The monoisotopic (exact) mass is 438 g/mol. The quantitative estimate of drug-likeness (QED) is 0.704. The van der Waals surface area contributed by atoms with Crippen molar-refractivity contribution in [1.82, 2.24) is 10.2 Å². The Morgan fingerprint density at radius 2 is 2.13 bits per heavy atom. The highest BCUT2D eigenvalue weighted by molar-refractivity contribution is 6.31. The van der Waals surface area contributed by atoms with Gasteiger partial charge in [0.05, 0.1) is 31.6 Å². The van der Waals surface area contributed by atoms with E-state index in [-0.39, 0.29) is 17.9 Å². The number of carbonyl (C=O) groups excluding carboxylic acids is 2. The molecular weight excluding hydrogens is 416 g/mol. The molecule has 5 rings (SSSR count). The third-order valence-corrected chi connectivity index (χ3v) is 6.77. The van der Waals surface area contributed by atoms with Crippen molar-refractivity contribution >= 4 is 23.4 Å². The molecule has 4 atom stereocenters. The molecule has 1 N–H and O–H groups in total. The number of hydrogen-bond acceptors (Lipinski definition) is 4. The molecule has 0 saturated carbocycles. The van der Waals surface area contributed by atoms with Gasteiger partial charge in [-0.3, -0.25) is 9.59 Å². The van der Waals surface area contributed by atoms with Crippen LogP contribution in [0.1, 0.15) is 11.1 Å². The van der Waals surface area contributed by atoms with Crippen molar-refractivity contribution in [1.29, 1.82) is 0 Å². The molecule has 2 saturated heterocycles. The maximum atomic E-state index is 13.3. The summed E-state index contributed by atoms with van der Waals surface area (Å²) in [7, 11) is 1.61. The SMILES string of the molecule is COc1cccc(CNC(=O)[C@@H]2[C@@H]3C=CC4(CN(Cc5ccccc5Cl)C(=O)[C@H]24)O3)c1. The number of likely N-dealkylation sites (tertiary alicyclic amines) is 1. The Hall–Kier alpha value is -2.83. The molecule has 160 valence electrons. The summed E-state index contributed by atoms with van der Waals surface area (Å²) in [6.07, 6.45) is 3.50. The van der Waals surface area contributed by atoms with Crippen LogP contribution in [0, 0.1) is 11.8 Å². The Kier molecular flexibility index (Phi) is 4.99. The molecule has 2 aromatic rings. The molecule has 2 amide bonds. The summed E-state index contributed by atoms with van der Waals surface area (Å²) in [6, 6.07) is 15.0. The van der Waals surface area contributed by atoms with Crippen LogP contribution in [-0.2, 0) is 27.4 Å². The second-order valence-electron chi connectivity index (χ2n) is 8.26. The molecule has 2 aromatic carbocycles. The Balaban J connectivity index is 1.32. The summed E-state index contributed by atoms with van der Waals surface area (Å²) in [5, 5.41) is 3.60. The summed E-state index contributed by atoms with van der Waals surface area (Å²) < 4.78 is 11.4. The molecule has 3 heterocycles. The van der Waals surface area contributed by atoms with Crippen LogP contribution in [0.4, 0.5) is 0 Å². The summed E-state index contributed by atoms with van der Waals surface area (Å²) in [5.41, 5.74) is 1.08. The van der Waals surface area contributed by atoms with Crippen LogP contribution >= 0.6 is 11.6 Å². The lowest BCUT2D eigenvalue weighted by Gasteiger charge is -2.23. The number of hydrogen-bond donors (Lipinski definition) is 1. The van der Waals surface area contributed by atoms with Gasteiger partial charge in [-0.1, -0.05) is 54.1 Å². The highest BCUT2D eigenvalue weighted by Gasteiger charge is 2.66. The van der Waals surface area contributed by atoms with Crippen LogP contribution in [0.5, 0.6) is 5.75 Å². The Morgan fingerprint density at radius 3 is 2.94 bits per heavy atom. The molecule has 1 spiro atoms. The maximum Gasteiger partial charge on any atom is 0.230 e. The fourth-order valence-electron chi connectivity index (χ4n) is 4.93. The van der Waals surface area contributed by atoms with E-state index in [4.69, 9.17) is 21.1 Å².